The summed E-state index contributed by atoms with van der Waals surface area (Å²) in [5.41, 5.74) is 0. The highest BCUT2D eigenvalue weighted by molar-refractivity contribution is 9.11. The van der Waals surface area contributed by atoms with Crippen LogP contribution in [0.25, 0.3) is 0 Å². The van der Waals surface area contributed by atoms with Gasteiger partial charge >= 0.3 is 0 Å². The summed E-state index contributed by atoms with van der Waals surface area (Å²) in [6.07, 6.45) is 1.06. The Hall–Kier alpha value is 0.0500. The minimum Gasteiger partial charge on any atom is -0.302 e. The molecule has 1 rings (SSSR count). The van der Waals surface area contributed by atoms with Gasteiger partial charge in [-0.1, -0.05) is 6.92 Å². The number of likely N-dealkylation sites (N-methyl/N-ethyl adjacent to an activating group) is 1. The van der Waals surface area contributed by atoms with Crippen molar-refractivity contribution in [2.75, 3.05) is 20.1 Å². The number of rotatable bonds is 7. The van der Waals surface area contributed by atoms with Gasteiger partial charge in [0.25, 0.3) is 0 Å². The van der Waals surface area contributed by atoms with Crippen LogP contribution in [0.2, 0.25) is 0 Å². The van der Waals surface area contributed by atoms with Crippen molar-refractivity contribution in [2.24, 2.45) is 0 Å². The largest absolute Gasteiger partial charge is 0.302 e. The second kappa shape index (κ2) is 7.00. The van der Waals surface area contributed by atoms with Crippen LogP contribution < -0.4 is 4.72 Å². The van der Waals surface area contributed by atoms with Crippen LogP contribution in [0.5, 0.6) is 0 Å². The summed E-state index contributed by atoms with van der Waals surface area (Å²) < 4.78 is 27.6. The molecule has 0 saturated carbocycles. The first-order valence-corrected chi connectivity index (χ1v) is 8.91. The molecule has 4 nitrogen and oxygen atoms in total. The normalized spacial score (nSPS) is 14.1. The standard InChI is InChI=1S/C11H19BrN2O2S2/c1-4-9(2)14(3)8-7-13-18(15,16)11-6-5-10(12)17-11/h5-6,9,13H,4,7-8H2,1-3H3. The van der Waals surface area contributed by atoms with E-state index < -0.39 is 10.0 Å². The van der Waals surface area contributed by atoms with Gasteiger partial charge in [0.05, 0.1) is 3.79 Å². The Kier molecular flexibility index (Phi) is 6.26. The monoisotopic (exact) mass is 354 g/mol. The van der Waals surface area contributed by atoms with Crippen LogP contribution in [0.3, 0.4) is 0 Å². The predicted molar refractivity (Wildman–Crippen MR) is 79.6 cm³/mol. The lowest BCUT2D eigenvalue weighted by Gasteiger charge is -2.23. The van der Waals surface area contributed by atoms with Gasteiger partial charge in [0.2, 0.25) is 10.0 Å². The van der Waals surface area contributed by atoms with Crippen molar-refractivity contribution in [1.82, 2.24) is 9.62 Å². The molecule has 0 aliphatic rings. The molecule has 0 fully saturated rings. The van der Waals surface area contributed by atoms with E-state index in [2.05, 4.69) is 39.4 Å². The fourth-order valence-corrected chi connectivity index (χ4v) is 4.48. The number of nitrogens with zero attached hydrogens (tertiary/aromatic N) is 1. The maximum Gasteiger partial charge on any atom is 0.250 e. The molecule has 0 bridgehead atoms. The molecular formula is C11H19BrN2O2S2. The Bertz CT molecular complexity index is 473. The molecule has 7 heteroatoms. The molecule has 0 spiro atoms. The number of nitrogens with one attached hydrogen (secondary N) is 1. The number of thiophene rings is 1. The maximum atomic E-state index is 11.9. The molecule has 1 heterocycles. The van der Waals surface area contributed by atoms with E-state index in [1.807, 2.05) is 7.05 Å². The Balaban J connectivity index is 2.48. The van der Waals surface area contributed by atoms with Gasteiger partial charge < -0.3 is 4.90 Å². The first kappa shape index (κ1) is 16.1. The molecule has 0 aliphatic carbocycles. The van der Waals surface area contributed by atoms with Gasteiger partial charge in [0, 0.05) is 19.1 Å². The van der Waals surface area contributed by atoms with Crippen LogP contribution >= 0.6 is 27.3 Å². The third-order valence-corrected chi connectivity index (χ3v) is 6.49. The van der Waals surface area contributed by atoms with E-state index in [-0.39, 0.29) is 0 Å². The fraction of sp³-hybridized carbons (Fsp3) is 0.636. The molecule has 104 valence electrons. The molecule has 1 aromatic heterocycles. The van der Waals surface area contributed by atoms with Gasteiger partial charge in [0.15, 0.2) is 0 Å². The van der Waals surface area contributed by atoms with Crippen molar-refractivity contribution < 1.29 is 8.42 Å². The fourth-order valence-electron chi connectivity index (χ4n) is 1.40. The molecule has 1 aromatic rings. The van der Waals surface area contributed by atoms with Gasteiger partial charge in [0.1, 0.15) is 4.21 Å². The Morgan fingerprint density at radius 2 is 2.17 bits per heavy atom. The van der Waals surface area contributed by atoms with Gasteiger partial charge in [-0.15, -0.1) is 11.3 Å². The van der Waals surface area contributed by atoms with Crippen LogP contribution in [0, 0.1) is 0 Å². The molecular weight excluding hydrogens is 336 g/mol. The summed E-state index contributed by atoms with van der Waals surface area (Å²) in [6.45, 7) is 5.39. The van der Waals surface area contributed by atoms with Crippen molar-refractivity contribution in [3.63, 3.8) is 0 Å². The molecule has 1 N–H and O–H groups in total. The molecule has 0 aromatic carbocycles. The third-order valence-electron chi connectivity index (χ3n) is 2.91. The SMILES string of the molecule is CCC(C)N(C)CCNS(=O)(=O)c1ccc(Br)s1. The van der Waals surface area contributed by atoms with Gasteiger partial charge in [-0.2, -0.15) is 0 Å². The van der Waals surface area contributed by atoms with E-state index in [0.29, 0.717) is 23.3 Å². The van der Waals surface area contributed by atoms with Crippen molar-refractivity contribution in [3.05, 3.63) is 15.9 Å². The summed E-state index contributed by atoms with van der Waals surface area (Å²) in [7, 11) is -1.35. The van der Waals surface area contributed by atoms with Crippen LogP contribution in [-0.2, 0) is 10.0 Å². The van der Waals surface area contributed by atoms with E-state index in [1.165, 1.54) is 11.3 Å². The van der Waals surface area contributed by atoms with Gasteiger partial charge in [-0.3, -0.25) is 0 Å². The van der Waals surface area contributed by atoms with Crippen molar-refractivity contribution >= 4 is 37.3 Å². The van der Waals surface area contributed by atoms with Crippen LogP contribution in [-0.4, -0.2) is 39.5 Å². The number of hydrogen-bond acceptors (Lipinski definition) is 4. The molecule has 1 atom stereocenters. The summed E-state index contributed by atoms with van der Waals surface area (Å²) in [6, 6.07) is 3.81. The zero-order valence-corrected chi connectivity index (χ0v) is 14.0. The predicted octanol–water partition coefficient (Wildman–Crippen LogP) is 2.52. The quantitative estimate of drug-likeness (QED) is 0.818. The first-order valence-electron chi connectivity index (χ1n) is 5.82. The van der Waals surface area contributed by atoms with Crippen molar-refractivity contribution in [1.29, 1.82) is 0 Å². The lowest BCUT2D eigenvalue weighted by molar-refractivity contribution is 0.256. The number of hydrogen-bond donors (Lipinski definition) is 1. The van der Waals surface area contributed by atoms with Crippen molar-refractivity contribution in [2.45, 2.75) is 30.5 Å². The van der Waals surface area contributed by atoms with E-state index in [9.17, 15) is 8.42 Å². The molecule has 18 heavy (non-hydrogen) atoms. The van der Waals surface area contributed by atoms with Gasteiger partial charge in [-0.25, -0.2) is 13.1 Å². The minimum absolute atomic E-state index is 0.348. The van der Waals surface area contributed by atoms with Crippen LogP contribution in [0.4, 0.5) is 0 Å². The zero-order chi connectivity index (χ0) is 13.8. The average Bonchev–Trinajstić information content (AvgIpc) is 2.75. The molecule has 0 saturated heterocycles. The van der Waals surface area contributed by atoms with Crippen LogP contribution in [0.15, 0.2) is 20.1 Å². The van der Waals surface area contributed by atoms with Gasteiger partial charge in [-0.05, 0) is 48.5 Å². The Morgan fingerprint density at radius 3 is 2.67 bits per heavy atom. The highest BCUT2D eigenvalue weighted by Gasteiger charge is 2.16. The average molecular weight is 355 g/mol. The molecule has 0 amide bonds. The van der Waals surface area contributed by atoms with E-state index >= 15 is 0 Å². The highest BCUT2D eigenvalue weighted by atomic mass is 79.9. The maximum absolute atomic E-state index is 11.9. The van der Waals surface area contributed by atoms with E-state index in [0.717, 1.165) is 10.2 Å². The lowest BCUT2D eigenvalue weighted by atomic mass is 10.2. The molecule has 0 radical (unpaired) electrons. The molecule has 0 aliphatic heterocycles. The summed E-state index contributed by atoms with van der Waals surface area (Å²) in [4.78, 5) is 2.15. The van der Waals surface area contributed by atoms with E-state index in [1.54, 1.807) is 12.1 Å². The lowest BCUT2D eigenvalue weighted by Crippen LogP contribution is -2.36. The Labute approximate surface area is 122 Å². The summed E-state index contributed by atoms with van der Waals surface area (Å²) in [5.74, 6) is 0. The molecule has 1 unspecified atom stereocenters. The second-order valence-electron chi connectivity index (χ2n) is 4.19. The Morgan fingerprint density at radius 1 is 1.50 bits per heavy atom. The summed E-state index contributed by atoms with van der Waals surface area (Å²) in [5, 5.41) is 0. The summed E-state index contributed by atoms with van der Waals surface area (Å²) >= 11 is 4.48. The first-order chi connectivity index (χ1) is 8.36. The second-order valence-corrected chi connectivity index (χ2v) is 8.65. The highest BCUT2D eigenvalue weighted by Crippen LogP contribution is 2.25. The smallest absolute Gasteiger partial charge is 0.250 e. The van der Waals surface area contributed by atoms with Crippen LogP contribution in [0.1, 0.15) is 20.3 Å². The minimum atomic E-state index is -3.36. The van der Waals surface area contributed by atoms with Crippen molar-refractivity contribution in [3.8, 4) is 0 Å². The zero-order valence-electron chi connectivity index (χ0n) is 10.8. The number of halogens is 1. The topological polar surface area (TPSA) is 49.4 Å². The van der Waals surface area contributed by atoms with E-state index in [4.69, 9.17) is 0 Å². The third kappa shape index (κ3) is 4.62. The number of sulfonamides is 1.